The van der Waals surface area contributed by atoms with Crippen molar-refractivity contribution in [3.8, 4) is 11.5 Å². The molecule has 1 heterocycles. The lowest BCUT2D eigenvalue weighted by atomic mass is 10.2. The van der Waals surface area contributed by atoms with Crippen molar-refractivity contribution in [2.45, 2.75) is 24.2 Å². The zero-order valence-corrected chi connectivity index (χ0v) is 17.9. The molecule has 0 atom stereocenters. The van der Waals surface area contributed by atoms with Crippen LogP contribution in [0.15, 0.2) is 53.4 Å². The van der Waals surface area contributed by atoms with Gasteiger partial charge in [0, 0.05) is 24.9 Å². The topological polar surface area (TPSA) is 84.9 Å². The molecule has 0 unspecified atom stereocenters. The summed E-state index contributed by atoms with van der Waals surface area (Å²) in [5.74, 6) is 0.862. The highest BCUT2D eigenvalue weighted by Crippen LogP contribution is 2.28. The summed E-state index contributed by atoms with van der Waals surface area (Å²) in [6.45, 7) is 1.11. The lowest BCUT2D eigenvalue weighted by Crippen LogP contribution is -2.35. The maximum Gasteiger partial charge on any atom is 0.248 e. The van der Waals surface area contributed by atoms with E-state index in [0.29, 0.717) is 30.3 Å². The second-order valence-corrected chi connectivity index (χ2v) is 8.86. The minimum Gasteiger partial charge on any atom is -0.493 e. The fourth-order valence-corrected chi connectivity index (χ4v) is 4.79. The molecule has 0 aromatic heterocycles. The van der Waals surface area contributed by atoms with Crippen LogP contribution in [0.5, 0.6) is 11.5 Å². The van der Waals surface area contributed by atoms with Gasteiger partial charge in [0.05, 0.1) is 19.1 Å². The average Bonchev–Trinajstić information content (AvgIpc) is 2.78. The Labute approximate surface area is 177 Å². The fraction of sp³-hybridized carbons (Fsp3) is 0.318. The third-order valence-corrected chi connectivity index (χ3v) is 6.82. The normalized spacial score (nSPS) is 15.1. The number of carbonyl (C=O) groups excluding carboxylic acids is 1. The van der Waals surface area contributed by atoms with E-state index >= 15 is 0 Å². The first-order valence-electron chi connectivity index (χ1n) is 9.75. The van der Waals surface area contributed by atoms with Crippen LogP contribution >= 0.6 is 0 Å². The third kappa shape index (κ3) is 5.20. The van der Waals surface area contributed by atoms with Gasteiger partial charge in [0.1, 0.15) is 0 Å². The minimum atomic E-state index is -3.48. The first-order valence-corrected chi connectivity index (χ1v) is 11.2. The molecule has 0 bridgehead atoms. The van der Waals surface area contributed by atoms with Crippen LogP contribution in [0.4, 0.5) is 5.69 Å². The standard InChI is InChI=1S/C22H26N2O5S/c1-28-20-12-6-17(16-21(20)29-2)7-13-22(25)23-18-8-10-19(11-9-18)30(26,27)24-14-4-3-5-15-24/h6-13,16H,3-5,14-15H2,1-2H3,(H,23,25)/b13-7+. The van der Waals surface area contributed by atoms with Crippen molar-refractivity contribution in [1.29, 1.82) is 0 Å². The van der Waals surface area contributed by atoms with Gasteiger partial charge >= 0.3 is 0 Å². The van der Waals surface area contributed by atoms with Gasteiger partial charge in [-0.25, -0.2) is 8.42 Å². The van der Waals surface area contributed by atoms with Gasteiger partial charge in [-0.05, 0) is 60.9 Å². The van der Waals surface area contributed by atoms with Gasteiger partial charge < -0.3 is 14.8 Å². The van der Waals surface area contributed by atoms with Crippen molar-refractivity contribution in [1.82, 2.24) is 4.31 Å². The summed E-state index contributed by atoms with van der Waals surface area (Å²) >= 11 is 0. The van der Waals surface area contributed by atoms with E-state index in [9.17, 15) is 13.2 Å². The smallest absolute Gasteiger partial charge is 0.248 e. The van der Waals surface area contributed by atoms with E-state index in [4.69, 9.17) is 9.47 Å². The zero-order valence-electron chi connectivity index (χ0n) is 17.1. The van der Waals surface area contributed by atoms with E-state index < -0.39 is 10.0 Å². The Bertz CT molecular complexity index is 1010. The molecule has 3 rings (SSSR count). The molecule has 1 saturated heterocycles. The number of rotatable bonds is 7. The van der Waals surface area contributed by atoms with Gasteiger partial charge in [0.2, 0.25) is 15.9 Å². The monoisotopic (exact) mass is 430 g/mol. The number of piperidine rings is 1. The van der Waals surface area contributed by atoms with E-state index in [1.54, 1.807) is 44.6 Å². The molecule has 160 valence electrons. The van der Waals surface area contributed by atoms with E-state index in [1.807, 2.05) is 6.07 Å². The van der Waals surface area contributed by atoms with E-state index in [-0.39, 0.29) is 10.8 Å². The van der Waals surface area contributed by atoms with Crippen LogP contribution < -0.4 is 14.8 Å². The second kappa shape index (κ2) is 9.77. The van der Waals surface area contributed by atoms with Crippen LogP contribution in [0.1, 0.15) is 24.8 Å². The lowest BCUT2D eigenvalue weighted by molar-refractivity contribution is -0.111. The SMILES string of the molecule is COc1ccc(/C=C/C(=O)Nc2ccc(S(=O)(=O)N3CCCCC3)cc2)cc1OC. The molecule has 0 aliphatic carbocycles. The van der Waals surface area contributed by atoms with Crippen LogP contribution in [0.3, 0.4) is 0 Å². The Morgan fingerprint density at radius 3 is 2.27 bits per heavy atom. The summed E-state index contributed by atoms with van der Waals surface area (Å²) in [5, 5.41) is 2.73. The molecule has 0 spiro atoms. The van der Waals surface area contributed by atoms with Crippen molar-refractivity contribution < 1.29 is 22.7 Å². The minimum absolute atomic E-state index is 0.239. The number of amides is 1. The molecule has 30 heavy (non-hydrogen) atoms. The predicted molar refractivity (Wildman–Crippen MR) is 116 cm³/mol. The van der Waals surface area contributed by atoms with Gasteiger partial charge in [-0.2, -0.15) is 4.31 Å². The Morgan fingerprint density at radius 1 is 0.967 bits per heavy atom. The largest absolute Gasteiger partial charge is 0.493 e. The highest BCUT2D eigenvalue weighted by atomic mass is 32.2. The molecular weight excluding hydrogens is 404 g/mol. The molecule has 2 aromatic rings. The molecule has 8 heteroatoms. The Hall–Kier alpha value is -2.84. The number of sulfonamides is 1. The molecule has 1 aliphatic heterocycles. The van der Waals surface area contributed by atoms with E-state index in [2.05, 4.69) is 5.32 Å². The summed E-state index contributed by atoms with van der Waals surface area (Å²) in [6.07, 6.45) is 5.90. The van der Waals surface area contributed by atoms with Gasteiger partial charge in [-0.1, -0.05) is 12.5 Å². The maximum atomic E-state index is 12.7. The first-order chi connectivity index (χ1) is 14.4. The molecule has 0 saturated carbocycles. The van der Waals surface area contributed by atoms with Crippen molar-refractivity contribution in [3.05, 3.63) is 54.1 Å². The van der Waals surface area contributed by atoms with Crippen molar-refractivity contribution in [3.63, 3.8) is 0 Å². The molecule has 7 nitrogen and oxygen atoms in total. The summed E-state index contributed by atoms with van der Waals surface area (Å²) in [7, 11) is -0.373. The molecule has 1 fully saturated rings. The van der Waals surface area contributed by atoms with Crippen molar-refractivity contribution >= 4 is 27.7 Å². The Kier molecular flexibility index (Phi) is 7.12. The molecule has 1 N–H and O–H groups in total. The van der Waals surface area contributed by atoms with Gasteiger partial charge in [-0.15, -0.1) is 0 Å². The number of hydrogen-bond acceptors (Lipinski definition) is 5. The van der Waals surface area contributed by atoms with Crippen molar-refractivity contribution in [2.75, 3.05) is 32.6 Å². The third-order valence-electron chi connectivity index (χ3n) is 4.91. The first kappa shape index (κ1) is 21.9. The van der Waals surface area contributed by atoms with Crippen LogP contribution in [0, 0.1) is 0 Å². The molecule has 1 aliphatic rings. The number of methoxy groups -OCH3 is 2. The number of nitrogens with one attached hydrogen (secondary N) is 1. The number of anilines is 1. The predicted octanol–water partition coefficient (Wildman–Crippen LogP) is 3.53. The van der Waals surface area contributed by atoms with Crippen LogP contribution in [-0.2, 0) is 14.8 Å². The fourth-order valence-electron chi connectivity index (χ4n) is 3.28. The van der Waals surface area contributed by atoms with Gasteiger partial charge in [0.25, 0.3) is 0 Å². The Balaban J connectivity index is 1.64. The molecular formula is C22H26N2O5S. The summed E-state index contributed by atoms with van der Waals surface area (Å²) in [5.41, 5.74) is 1.31. The summed E-state index contributed by atoms with van der Waals surface area (Å²) < 4.78 is 37.3. The average molecular weight is 431 g/mol. The van der Waals surface area contributed by atoms with E-state index in [1.165, 1.54) is 22.5 Å². The quantitative estimate of drug-likeness (QED) is 0.680. The zero-order chi connectivity index (χ0) is 21.6. The molecule has 2 aromatic carbocycles. The summed E-state index contributed by atoms with van der Waals surface area (Å²) in [6, 6.07) is 11.6. The van der Waals surface area contributed by atoms with Crippen LogP contribution in [0.25, 0.3) is 6.08 Å². The lowest BCUT2D eigenvalue weighted by Gasteiger charge is -2.25. The highest BCUT2D eigenvalue weighted by molar-refractivity contribution is 7.89. The van der Waals surface area contributed by atoms with Crippen molar-refractivity contribution in [2.24, 2.45) is 0 Å². The second-order valence-electron chi connectivity index (χ2n) is 6.93. The van der Waals surface area contributed by atoms with Gasteiger partial charge in [0.15, 0.2) is 11.5 Å². The van der Waals surface area contributed by atoms with Crippen LogP contribution in [0.2, 0.25) is 0 Å². The number of ether oxygens (including phenoxy) is 2. The van der Waals surface area contributed by atoms with Gasteiger partial charge in [-0.3, -0.25) is 4.79 Å². The molecule has 0 radical (unpaired) electrons. The highest BCUT2D eigenvalue weighted by Gasteiger charge is 2.25. The number of hydrogen-bond donors (Lipinski definition) is 1. The molecule has 1 amide bonds. The maximum absolute atomic E-state index is 12.7. The van der Waals surface area contributed by atoms with Crippen LogP contribution in [-0.4, -0.2) is 45.9 Å². The number of nitrogens with zero attached hydrogens (tertiary/aromatic N) is 1. The number of benzene rings is 2. The van der Waals surface area contributed by atoms with E-state index in [0.717, 1.165) is 24.8 Å². The Morgan fingerprint density at radius 2 is 1.63 bits per heavy atom. The number of carbonyl (C=O) groups is 1. The summed E-state index contributed by atoms with van der Waals surface area (Å²) in [4.78, 5) is 12.5.